The van der Waals surface area contributed by atoms with Crippen LogP contribution in [0.2, 0.25) is 0 Å². The van der Waals surface area contributed by atoms with Gasteiger partial charge in [0.05, 0.1) is 0 Å². The Labute approximate surface area is 167 Å². The number of nitrogens with zero attached hydrogens (tertiary/aromatic N) is 2. The summed E-state index contributed by atoms with van der Waals surface area (Å²) in [6.07, 6.45) is 0.185. The predicted molar refractivity (Wildman–Crippen MR) is 93.2 cm³/mol. The van der Waals surface area contributed by atoms with Crippen molar-refractivity contribution in [3.05, 3.63) is 23.6 Å². The summed E-state index contributed by atoms with van der Waals surface area (Å²) in [4.78, 5) is 48.5. The number of nitrogens with two attached hydrogens (primary N) is 1. The molecule has 3 amide bonds. The molecule has 1 aromatic rings. The Morgan fingerprint density at radius 1 is 1.52 bits per heavy atom. The number of hydrogen-bond donors (Lipinski definition) is 3. The summed E-state index contributed by atoms with van der Waals surface area (Å²) in [6, 6.07) is 1.40. The lowest BCUT2D eigenvalue weighted by molar-refractivity contribution is -0.193. The van der Waals surface area contributed by atoms with E-state index in [1.54, 1.807) is 0 Å². The van der Waals surface area contributed by atoms with Crippen LogP contribution in [-0.4, -0.2) is 76.2 Å². The Balaban J connectivity index is 1.75. The first-order chi connectivity index (χ1) is 13.8. The van der Waals surface area contributed by atoms with E-state index in [-0.39, 0.29) is 29.5 Å². The maximum atomic E-state index is 12.8. The lowest BCUT2D eigenvalue weighted by Crippen LogP contribution is -2.81. The second-order valence-electron chi connectivity index (χ2n) is 5.82. The zero-order valence-electron chi connectivity index (χ0n) is 14.9. The monoisotopic (exact) mass is 428 g/mol. The molecular formula is C15H16N4O9S. The number of ether oxygens (including phenoxy) is 3. The van der Waals surface area contributed by atoms with Crippen molar-refractivity contribution in [1.29, 1.82) is 0 Å². The maximum absolute atomic E-state index is 12.8. The van der Waals surface area contributed by atoms with Gasteiger partial charge in [-0.05, 0) is 5.16 Å². The van der Waals surface area contributed by atoms with Crippen LogP contribution in [0.3, 0.4) is 0 Å². The molecule has 2 atom stereocenters. The number of methoxy groups -OCH3 is 1. The van der Waals surface area contributed by atoms with Crippen molar-refractivity contribution in [3.63, 3.8) is 0 Å². The van der Waals surface area contributed by atoms with Crippen molar-refractivity contribution in [3.8, 4) is 5.88 Å². The normalized spacial score (nSPS) is 23.1. The topological polar surface area (TPSA) is 184 Å². The Kier molecular flexibility index (Phi) is 5.65. The van der Waals surface area contributed by atoms with Crippen molar-refractivity contribution in [2.45, 2.75) is 11.1 Å². The molecule has 3 heterocycles. The van der Waals surface area contributed by atoms with Gasteiger partial charge in [0, 0.05) is 24.5 Å². The van der Waals surface area contributed by atoms with E-state index < -0.39 is 41.6 Å². The Bertz CT molecular complexity index is 871. The zero-order valence-corrected chi connectivity index (χ0v) is 15.8. The molecule has 13 nitrogen and oxygen atoms in total. The zero-order chi connectivity index (χ0) is 21.2. The molecule has 1 saturated heterocycles. The molecule has 0 bridgehead atoms. The summed E-state index contributed by atoms with van der Waals surface area (Å²) >= 11 is 1.13. The van der Waals surface area contributed by atoms with Crippen molar-refractivity contribution < 1.29 is 43.0 Å². The predicted octanol–water partition coefficient (Wildman–Crippen LogP) is -1.14. The molecule has 0 aliphatic carbocycles. The summed E-state index contributed by atoms with van der Waals surface area (Å²) in [5, 5.41) is 14.6. The molecule has 0 aromatic carbocycles. The second kappa shape index (κ2) is 8.00. The van der Waals surface area contributed by atoms with E-state index in [0.29, 0.717) is 0 Å². The van der Waals surface area contributed by atoms with E-state index in [1.165, 1.54) is 19.4 Å². The highest BCUT2D eigenvalue weighted by atomic mass is 32.2. The Morgan fingerprint density at radius 3 is 2.86 bits per heavy atom. The van der Waals surface area contributed by atoms with Gasteiger partial charge in [0.2, 0.25) is 0 Å². The van der Waals surface area contributed by atoms with Gasteiger partial charge in [-0.2, -0.15) is 0 Å². The number of fused-ring (bicyclic) bond motifs is 1. The molecule has 0 unspecified atom stereocenters. The molecule has 3 rings (SSSR count). The smallest absolute Gasteiger partial charge is 0.404 e. The van der Waals surface area contributed by atoms with E-state index in [9.17, 15) is 24.3 Å². The number of aliphatic carboxylic acids is 1. The van der Waals surface area contributed by atoms with Gasteiger partial charge in [-0.15, -0.1) is 11.8 Å². The molecule has 1 fully saturated rings. The first-order valence-corrected chi connectivity index (χ1v) is 9.07. The van der Waals surface area contributed by atoms with Crippen LogP contribution >= 0.6 is 11.8 Å². The standard InChI is InChI=1S/C15H16N4O9S/c1-25-15(17-8(20)5-26-9-2-3-28-18-9)12(23)19-10(11(21)22)7(4-27-14(16)24)6-29-13(15)19/h2-3,13H,4-6H2,1H3,(H2,16,24)(H,17,20)(H,21,22)/t13-,15-/m0/s1. The van der Waals surface area contributed by atoms with Crippen molar-refractivity contribution in [2.24, 2.45) is 5.73 Å². The molecule has 0 saturated carbocycles. The highest BCUT2D eigenvalue weighted by Gasteiger charge is 2.66. The molecular weight excluding hydrogens is 412 g/mol. The molecule has 0 spiro atoms. The average Bonchev–Trinajstić information content (AvgIpc) is 3.21. The number of thioether (sulfide) groups is 1. The second-order valence-corrected chi connectivity index (χ2v) is 6.89. The molecule has 0 radical (unpaired) electrons. The fourth-order valence-corrected chi connectivity index (χ4v) is 4.29. The van der Waals surface area contributed by atoms with Gasteiger partial charge >= 0.3 is 12.1 Å². The van der Waals surface area contributed by atoms with Gasteiger partial charge in [-0.25, -0.2) is 9.59 Å². The third kappa shape index (κ3) is 3.71. The van der Waals surface area contributed by atoms with Crippen LogP contribution in [0.15, 0.2) is 28.1 Å². The summed E-state index contributed by atoms with van der Waals surface area (Å²) in [5.41, 5.74) is 2.98. The largest absolute Gasteiger partial charge is 0.477 e. The van der Waals surface area contributed by atoms with E-state index in [4.69, 9.17) is 15.2 Å². The number of nitrogens with one attached hydrogen (secondary N) is 1. The van der Waals surface area contributed by atoms with Crippen molar-refractivity contribution >= 4 is 35.6 Å². The first-order valence-electron chi connectivity index (χ1n) is 8.02. The third-order valence-corrected chi connectivity index (χ3v) is 5.49. The fourth-order valence-electron chi connectivity index (χ4n) is 2.87. The van der Waals surface area contributed by atoms with E-state index >= 15 is 0 Å². The number of amides is 3. The molecule has 2 aliphatic rings. The van der Waals surface area contributed by atoms with Crippen molar-refractivity contribution in [2.75, 3.05) is 26.1 Å². The van der Waals surface area contributed by atoms with Gasteiger partial charge in [0.25, 0.3) is 23.4 Å². The lowest BCUT2D eigenvalue weighted by Gasteiger charge is -2.55. The van der Waals surface area contributed by atoms with Crippen LogP contribution in [0.25, 0.3) is 0 Å². The quantitative estimate of drug-likeness (QED) is 0.336. The van der Waals surface area contributed by atoms with E-state index in [0.717, 1.165) is 16.7 Å². The number of β-lactam (4-membered cyclic amide) rings is 1. The Morgan fingerprint density at radius 2 is 2.28 bits per heavy atom. The molecule has 1 aromatic heterocycles. The number of carbonyl (C=O) groups is 4. The number of primary amides is 1. The fraction of sp³-hybridized carbons (Fsp3) is 0.400. The van der Waals surface area contributed by atoms with E-state index in [1.807, 2.05) is 0 Å². The molecule has 14 heteroatoms. The van der Waals surface area contributed by atoms with Crippen molar-refractivity contribution in [1.82, 2.24) is 15.4 Å². The third-order valence-electron chi connectivity index (χ3n) is 4.11. The number of aromatic nitrogens is 1. The average molecular weight is 428 g/mol. The van der Waals surface area contributed by atoms with Gasteiger partial charge < -0.3 is 34.9 Å². The van der Waals surface area contributed by atoms with Crippen LogP contribution in [0.5, 0.6) is 5.88 Å². The molecule has 4 N–H and O–H groups in total. The number of hydrogen-bond acceptors (Lipinski definition) is 10. The Hall–Kier alpha value is -3.26. The van der Waals surface area contributed by atoms with Crippen LogP contribution < -0.4 is 15.8 Å². The van der Waals surface area contributed by atoms with E-state index in [2.05, 4.69) is 19.7 Å². The lowest BCUT2D eigenvalue weighted by atomic mass is 9.98. The minimum absolute atomic E-state index is 0.0791. The number of carboxylic acids is 1. The number of rotatable bonds is 8. The minimum Gasteiger partial charge on any atom is -0.477 e. The van der Waals surface area contributed by atoms with Gasteiger partial charge in [0.15, 0.2) is 6.61 Å². The van der Waals surface area contributed by atoms with Crippen LogP contribution in [-0.2, 0) is 23.9 Å². The van der Waals surface area contributed by atoms with Gasteiger partial charge in [0.1, 0.15) is 23.9 Å². The summed E-state index contributed by atoms with van der Waals surface area (Å²) in [5.74, 6) is -2.68. The summed E-state index contributed by atoms with van der Waals surface area (Å²) < 4.78 is 19.6. The van der Waals surface area contributed by atoms with Crippen LogP contribution in [0.4, 0.5) is 4.79 Å². The SMILES string of the molecule is CO[C@@]1(NC(=O)COc2ccon2)C(=O)N2C(C(=O)O)=C(COC(N)=O)CS[C@H]21. The highest BCUT2D eigenvalue weighted by molar-refractivity contribution is 8.00. The molecule has 156 valence electrons. The number of carbonyl (C=O) groups excluding carboxylic acids is 3. The molecule has 2 aliphatic heterocycles. The molecule has 29 heavy (non-hydrogen) atoms. The minimum atomic E-state index is -1.77. The van der Waals surface area contributed by atoms with Crippen LogP contribution in [0, 0.1) is 0 Å². The summed E-state index contributed by atoms with van der Waals surface area (Å²) in [7, 11) is 1.21. The van der Waals surface area contributed by atoms with Gasteiger partial charge in [-0.3, -0.25) is 14.5 Å². The summed E-state index contributed by atoms with van der Waals surface area (Å²) in [6.45, 7) is -0.847. The first kappa shape index (κ1) is 20.5. The van der Waals surface area contributed by atoms with Gasteiger partial charge in [-0.1, -0.05) is 0 Å². The highest BCUT2D eigenvalue weighted by Crippen LogP contribution is 2.46. The maximum Gasteiger partial charge on any atom is 0.404 e. The van der Waals surface area contributed by atoms with Crippen LogP contribution in [0.1, 0.15) is 0 Å². The number of carboxylic acid groups (broad SMARTS) is 1.